The molecule has 1 heterocycles. The second kappa shape index (κ2) is 13.7. The first-order valence-corrected chi connectivity index (χ1v) is 14.3. The van der Waals surface area contributed by atoms with Gasteiger partial charge in [0.2, 0.25) is 17.9 Å². The maximum absolute atomic E-state index is 13.9. The molecule has 1 aliphatic rings. The highest BCUT2D eigenvalue weighted by Gasteiger charge is 2.41. The Morgan fingerprint density at radius 1 is 0.841 bits per heavy atom. The van der Waals surface area contributed by atoms with Crippen LogP contribution in [0.4, 0.5) is 5.69 Å². The highest BCUT2D eigenvalue weighted by atomic mass is 16.5. The van der Waals surface area contributed by atoms with Crippen LogP contribution in [0.1, 0.15) is 33.9 Å². The van der Waals surface area contributed by atoms with Crippen LogP contribution in [0.3, 0.4) is 0 Å². The molecule has 1 aliphatic heterocycles. The molecule has 0 bridgehead atoms. The largest absolute Gasteiger partial charge is 0.508 e. The van der Waals surface area contributed by atoms with Crippen molar-refractivity contribution < 1.29 is 29.0 Å². The van der Waals surface area contributed by atoms with Crippen LogP contribution in [-0.2, 0) is 43.2 Å². The van der Waals surface area contributed by atoms with E-state index in [0.717, 1.165) is 16.7 Å². The highest BCUT2D eigenvalue weighted by molar-refractivity contribution is 6.00. The van der Waals surface area contributed by atoms with Gasteiger partial charge >= 0.3 is 5.97 Å². The van der Waals surface area contributed by atoms with Gasteiger partial charge in [0.05, 0.1) is 12.8 Å². The molecule has 4 N–H and O–H groups in total. The van der Waals surface area contributed by atoms with E-state index >= 15 is 0 Å². The molecule has 9 nitrogen and oxygen atoms in total. The van der Waals surface area contributed by atoms with Crippen LogP contribution < -0.4 is 16.0 Å². The zero-order valence-electron chi connectivity index (χ0n) is 24.2. The van der Waals surface area contributed by atoms with Crippen molar-refractivity contribution in [2.45, 2.75) is 44.4 Å². The van der Waals surface area contributed by atoms with E-state index < -0.39 is 36.0 Å². The molecule has 0 aliphatic carbocycles. The van der Waals surface area contributed by atoms with E-state index in [0.29, 0.717) is 16.8 Å². The minimum atomic E-state index is -1.43. The van der Waals surface area contributed by atoms with Gasteiger partial charge in [-0.15, -0.1) is 0 Å². The van der Waals surface area contributed by atoms with Gasteiger partial charge in [-0.2, -0.15) is 0 Å². The van der Waals surface area contributed by atoms with Gasteiger partial charge in [0, 0.05) is 17.7 Å². The van der Waals surface area contributed by atoms with Crippen LogP contribution in [-0.4, -0.2) is 40.9 Å². The number of anilines is 1. The molecule has 3 amide bonds. The van der Waals surface area contributed by atoms with E-state index in [1.807, 2.05) is 79.7 Å². The Bertz CT molecular complexity index is 1640. The van der Waals surface area contributed by atoms with Gasteiger partial charge in [-0.3, -0.25) is 19.2 Å². The van der Waals surface area contributed by atoms with Crippen LogP contribution in [0.15, 0.2) is 103 Å². The molecule has 0 spiro atoms. The molecule has 0 saturated carbocycles. The van der Waals surface area contributed by atoms with Gasteiger partial charge in [-0.25, -0.2) is 0 Å². The van der Waals surface area contributed by atoms with Crippen LogP contribution in [0.25, 0.3) is 0 Å². The number of carbonyl (C=O) groups excluding carboxylic acids is 4. The summed E-state index contributed by atoms with van der Waals surface area (Å²) in [6.07, 6.45) is -1.26. The fourth-order valence-corrected chi connectivity index (χ4v) is 5.11. The Labute approximate surface area is 255 Å². The molecule has 4 aromatic carbocycles. The summed E-state index contributed by atoms with van der Waals surface area (Å²) < 4.78 is 5.67. The van der Waals surface area contributed by atoms with Gasteiger partial charge in [-0.1, -0.05) is 90.5 Å². The van der Waals surface area contributed by atoms with Crippen LogP contribution >= 0.6 is 0 Å². The summed E-state index contributed by atoms with van der Waals surface area (Å²) in [6, 6.07) is 27.9. The average Bonchev–Trinajstić information content (AvgIpc) is 3.01. The molecule has 3 atom stereocenters. The van der Waals surface area contributed by atoms with Crippen molar-refractivity contribution >= 4 is 29.4 Å². The number of hydrogen-bond acceptors (Lipinski definition) is 6. The third kappa shape index (κ3) is 7.69. The molecular formula is C35H33N3O6. The van der Waals surface area contributed by atoms with E-state index in [1.54, 1.807) is 12.1 Å². The van der Waals surface area contributed by atoms with Crippen molar-refractivity contribution in [3.8, 4) is 5.75 Å². The molecule has 4 aromatic rings. The van der Waals surface area contributed by atoms with E-state index in [2.05, 4.69) is 16.0 Å². The molecular weight excluding hydrogens is 558 g/mol. The van der Waals surface area contributed by atoms with Gasteiger partial charge in [-0.05, 0) is 41.8 Å². The monoisotopic (exact) mass is 591 g/mol. The molecule has 0 radical (unpaired) electrons. The first-order valence-electron chi connectivity index (χ1n) is 14.3. The lowest BCUT2D eigenvalue weighted by Crippen LogP contribution is -2.54. The number of phenols is 1. The number of fused-ring (bicyclic) bond motifs is 1. The minimum Gasteiger partial charge on any atom is -0.508 e. The van der Waals surface area contributed by atoms with Crippen LogP contribution in [0, 0.1) is 6.92 Å². The molecule has 5 rings (SSSR count). The number of aromatic hydroxyl groups is 1. The Hall–Kier alpha value is -5.44. The number of nitrogens with one attached hydrogen (secondary N) is 3. The number of amides is 3. The predicted molar refractivity (Wildman–Crippen MR) is 165 cm³/mol. The lowest BCUT2D eigenvalue weighted by atomic mass is 9.93. The van der Waals surface area contributed by atoms with Crippen LogP contribution in [0.5, 0.6) is 5.75 Å². The lowest BCUT2D eigenvalue weighted by Gasteiger charge is -2.34. The fraction of sp³-hybridized carbons (Fsp3) is 0.200. The van der Waals surface area contributed by atoms with Crippen molar-refractivity contribution in [3.05, 3.63) is 131 Å². The number of carbonyl (C=O) groups is 4. The van der Waals surface area contributed by atoms with E-state index in [9.17, 15) is 24.3 Å². The van der Waals surface area contributed by atoms with Crippen LogP contribution in [0.2, 0.25) is 0 Å². The summed E-state index contributed by atoms with van der Waals surface area (Å²) in [5.41, 5.74) is 4.07. The van der Waals surface area contributed by atoms with Crippen molar-refractivity contribution in [2.24, 2.45) is 0 Å². The Morgan fingerprint density at radius 3 is 2.16 bits per heavy atom. The first kappa shape index (κ1) is 30.0. The Morgan fingerprint density at radius 2 is 1.48 bits per heavy atom. The summed E-state index contributed by atoms with van der Waals surface area (Å²) in [5.74, 6) is -2.31. The standard InChI is InChI=1S/C35H33N3O6/c1-22-12-14-25(15-13-22)20-31(41)44-33-32(27-21-26(39)16-17-28(27)37-35(33)43)38-34(42)29(18-23-8-4-2-5-9-23)36-30(40)19-24-10-6-3-7-11-24/h2-17,21,29,32-33,39H,18-20H2,1H3,(H,36,40)(H,37,43)(H,38,42)/t29-,32-,33+/m0/s1. The van der Waals surface area contributed by atoms with Crippen molar-refractivity contribution in [1.29, 1.82) is 0 Å². The van der Waals surface area contributed by atoms with Gasteiger partial charge < -0.3 is 25.8 Å². The fourth-order valence-electron chi connectivity index (χ4n) is 5.11. The van der Waals surface area contributed by atoms with E-state index in [4.69, 9.17) is 4.74 Å². The van der Waals surface area contributed by atoms with Crippen molar-refractivity contribution in [1.82, 2.24) is 10.6 Å². The van der Waals surface area contributed by atoms with Crippen molar-refractivity contribution in [3.63, 3.8) is 0 Å². The van der Waals surface area contributed by atoms with Gasteiger partial charge in [0.15, 0.2) is 0 Å². The van der Waals surface area contributed by atoms with Gasteiger partial charge in [0.1, 0.15) is 17.8 Å². The number of phenolic OH excluding ortho intramolecular Hbond substituents is 1. The lowest BCUT2D eigenvalue weighted by molar-refractivity contribution is -0.156. The third-order valence-corrected chi connectivity index (χ3v) is 7.36. The molecule has 44 heavy (non-hydrogen) atoms. The second-order valence-electron chi connectivity index (χ2n) is 10.8. The second-order valence-corrected chi connectivity index (χ2v) is 10.8. The minimum absolute atomic E-state index is 0.0706. The predicted octanol–water partition coefficient (Wildman–Crippen LogP) is 3.93. The normalized spacial score (nSPS) is 16.2. The summed E-state index contributed by atoms with van der Waals surface area (Å²) in [4.78, 5) is 53.2. The zero-order chi connectivity index (χ0) is 31.1. The number of aryl methyl sites for hydroxylation is 1. The first-order chi connectivity index (χ1) is 21.2. The smallest absolute Gasteiger partial charge is 0.311 e. The summed E-state index contributed by atoms with van der Waals surface area (Å²) in [7, 11) is 0. The summed E-state index contributed by atoms with van der Waals surface area (Å²) >= 11 is 0. The average molecular weight is 592 g/mol. The molecule has 9 heteroatoms. The van der Waals surface area contributed by atoms with E-state index in [-0.39, 0.29) is 30.9 Å². The van der Waals surface area contributed by atoms with Gasteiger partial charge in [0.25, 0.3) is 5.91 Å². The summed E-state index contributed by atoms with van der Waals surface area (Å²) in [5, 5.41) is 18.6. The maximum Gasteiger partial charge on any atom is 0.311 e. The van der Waals surface area contributed by atoms with Crippen molar-refractivity contribution in [2.75, 3.05) is 5.32 Å². The number of esters is 1. The number of ether oxygens (including phenoxy) is 1. The molecule has 0 unspecified atom stereocenters. The topological polar surface area (TPSA) is 134 Å². The maximum atomic E-state index is 13.9. The molecule has 0 aromatic heterocycles. The number of hydrogen-bond donors (Lipinski definition) is 4. The molecule has 0 fully saturated rings. The Kier molecular flexibility index (Phi) is 9.34. The highest BCUT2D eigenvalue weighted by Crippen LogP contribution is 2.35. The SMILES string of the molecule is Cc1ccc(CC(=O)O[C@H]2C(=O)Nc3ccc(O)cc3[C@@H]2NC(=O)[C@H](Cc2ccccc2)NC(=O)Cc2ccccc2)cc1. The third-order valence-electron chi connectivity index (χ3n) is 7.36. The quantitative estimate of drug-likeness (QED) is 0.163. The molecule has 0 saturated heterocycles. The zero-order valence-corrected chi connectivity index (χ0v) is 24.2. The Balaban J connectivity index is 1.40. The summed E-state index contributed by atoms with van der Waals surface area (Å²) in [6.45, 7) is 1.93. The molecule has 224 valence electrons. The number of rotatable bonds is 10. The number of benzene rings is 4. The van der Waals surface area contributed by atoms with E-state index in [1.165, 1.54) is 18.2 Å².